The van der Waals surface area contributed by atoms with Crippen molar-refractivity contribution in [3.8, 4) is 11.5 Å². The van der Waals surface area contributed by atoms with Crippen LogP contribution < -0.4 is 19.7 Å². The molecule has 6 heteroatoms. The Labute approximate surface area is 171 Å². The van der Waals surface area contributed by atoms with Gasteiger partial charge in [-0.15, -0.1) is 0 Å². The first-order valence-corrected chi connectivity index (χ1v) is 9.43. The first-order valence-electron chi connectivity index (χ1n) is 9.43. The lowest BCUT2D eigenvalue weighted by atomic mass is 10.2. The highest BCUT2D eigenvalue weighted by atomic mass is 16.5. The second-order valence-corrected chi connectivity index (χ2v) is 6.42. The third-order valence-corrected chi connectivity index (χ3v) is 4.59. The van der Waals surface area contributed by atoms with Crippen LogP contribution in [0, 0.1) is 0 Å². The molecule has 0 saturated carbocycles. The summed E-state index contributed by atoms with van der Waals surface area (Å²) >= 11 is 0. The summed E-state index contributed by atoms with van der Waals surface area (Å²) in [5, 5.41) is 2.90. The molecule has 0 bridgehead atoms. The highest BCUT2D eigenvalue weighted by molar-refractivity contribution is 6.05. The van der Waals surface area contributed by atoms with Gasteiger partial charge in [-0.25, -0.2) is 4.98 Å². The molecule has 1 amide bonds. The maximum Gasteiger partial charge on any atom is 0.255 e. The van der Waals surface area contributed by atoms with Crippen molar-refractivity contribution in [2.75, 3.05) is 31.0 Å². The fourth-order valence-electron chi connectivity index (χ4n) is 2.99. The molecule has 3 rings (SSSR count). The van der Waals surface area contributed by atoms with Crippen LogP contribution in [0.1, 0.15) is 22.8 Å². The van der Waals surface area contributed by atoms with E-state index in [2.05, 4.69) is 34.3 Å². The van der Waals surface area contributed by atoms with Gasteiger partial charge in [-0.3, -0.25) is 4.79 Å². The van der Waals surface area contributed by atoms with Crippen molar-refractivity contribution in [1.29, 1.82) is 0 Å². The van der Waals surface area contributed by atoms with Crippen LogP contribution in [0.4, 0.5) is 11.5 Å². The van der Waals surface area contributed by atoms with Crippen molar-refractivity contribution in [1.82, 2.24) is 4.98 Å². The van der Waals surface area contributed by atoms with Crippen LogP contribution in [0.3, 0.4) is 0 Å². The predicted molar refractivity (Wildman–Crippen MR) is 115 cm³/mol. The summed E-state index contributed by atoms with van der Waals surface area (Å²) in [6.45, 7) is 3.57. The van der Waals surface area contributed by atoms with Crippen LogP contribution in [-0.4, -0.2) is 31.7 Å². The Kier molecular flexibility index (Phi) is 6.68. The average molecular weight is 391 g/mol. The minimum Gasteiger partial charge on any atom is -0.497 e. The Morgan fingerprint density at radius 3 is 2.52 bits per heavy atom. The Bertz CT molecular complexity index is 961. The smallest absolute Gasteiger partial charge is 0.255 e. The molecule has 2 aromatic carbocycles. The normalized spacial score (nSPS) is 10.3. The number of carbonyl (C=O) groups excluding carboxylic acids is 1. The number of amides is 1. The number of pyridine rings is 1. The van der Waals surface area contributed by atoms with Gasteiger partial charge in [-0.2, -0.15) is 0 Å². The molecular formula is C23H25N3O3. The summed E-state index contributed by atoms with van der Waals surface area (Å²) in [6, 6.07) is 18.9. The second-order valence-electron chi connectivity index (χ2n) is 6.42. The third kappa shape index (κ3) is 5.04. The molecule has 1 N–H and O–H groups in total. The lowest BCUT2D eigenvalue weighted by molar-refractivity contribution is 0.102. The average Bonchev–Trinajstić information content (AvgIpc) is 2.78. The number of benzene rings is 2. The van der Waals surface area contributed by atoms with E-state index in [1.807, 2.05) is 18.2 Å². The van der Waals surface area contributed by atoms with Crippen molar-refractivity contribution in [2.24, 2.45) is 0 Å². The third-order valence-electron chi connectivity index (χ3n) is 4.59. The van der Waals surface area contributed by atoms with E-state index in [0.29, 0.717) is 22.7 Å². The van der Waals surface area contributed by atoms with Crippen LogP contribution in [0.15, 0.2) is 66.9 Å². The zero-order chi connectivity index (χ0) is 20.6. The number of carbonyl (C=O) groups is 1. The summed E-state index contributed by atoms with van der Waals surface area (Å²) < 4.78 is 10.6. The monoisotopic (exact) mass is 391 g/mol. The van der Waals surface area contributed by atoms with Gasteiger partial charge < -0.3 is 19.7 Å². The highest BCUT2D eigenvalue weighted by Gasteiger charge is 2.14. The summed E-state index contributed by atoms with van der Waals surface area (Å²) in [6.07, 6.45) is 1.66. The molecule has 0 aliphatic heterocycles. The Hall–Kier alpha value is -3.54. The molecule has 1 aromatic heterocycles. The number of ether oxygens (including phenoxy) is 2. The predicted octanol–water partition coefficient (Wildman–Crippen LogP) is 4.38. The van der Waals surface area contributed by atoms with Gasteiger partial charge in [0, 0.05) is 30.9 Å². The molecule has 0 unspecified atom stereocenters. The molecule has 1 heterocycles. The molecule has 3 aromatic rings. The van der Waals surface area contributed by atoms with E-state index >= 15 is 0 Å². The van der Waals surface area contributed by atoms with E-state index in [4.69, 9.17) is 9.47 Å². The second kappa shape index (κ2) is 9.59. The fraction of sp³-hybridized carbons (Fsp3) is 0.217. The van der Waals surface area contributed by atoms with Gasteiger partial charge in [0.25, 0.3) is 5.91 Å². The van der Waals surface area contributed by atoms with Gasteiger partial charge in [0.2, 0.25) is 0 Å². The topological polar surface area (TPSA) is 63.7 Å². The molecular weight excluding hydrogens is 366 g/mol. The Morgan fingerprint density at radius 1 is 1.03 bits per heavy atom. The van der Waals surface area contributed by atoms with Crippen LogP contribution >= 0.6 is 0 Å². The van der Waals surface area contributed by atoms with Gasteiger partial charge in [0.1, 0.15) is 17.3 Å². The molecule has 0 spiro atoms. The first kappa shape index (κ1) is 20.2. The number of nitrogens with one attached hydrogen (secondary N) is 1. The minimum atomic E-state index is -0.229. The summed E-state index contributed by atoms with van der Waals surface area (Å²) in [5.41, 5.74) is 2.29. The number of aromatic nitrogens is 1. The molecule has 0 aliphatic carbocycles. The number of rotatable bonds is 8. The molecule has 150 valence electrons. The summed E-state index contributed by atoms with van der Waals surface area (Å²) in [4.78, 5) is 19.4. The zero-order valence-corrected chi connectivity index (χ0v) is 16.9. The maximum absolute atomic E-state index is 12.8. The molecule has 0 saturated heterocycles. The van der Waals surface area contributed by atoms with Gasteiger partial charge in [0.05, 0.1) is 19.9 Å². The number of hydrogen-bond donors (Lipinski definition) is 1. The largest absolute Gasteiger partial charge is 0.497 e. The van der Waals surface area contributed by atoms with E-state index in [1.54, 1.807) is 50.7 Å². The van der Waals surface area contributed by atoms with Crippen LogP contribution in [-0.2, 0) is 6.54 Å². The van der Waals surface area contributed by atoms with Crippen molar-refractivity contribution >= 4 is 17.4 Å². The Balaban J connectivity index is 1.78. The fourth-order valence-corrected chi connectivity index (χ4v) is 2.99. The van der Waals surface area contributed by atoms with Gasteiger partial charge in [0.15, 0.2) is 0 Å². The van der Waals surface area contributed by atoms with E-state index in [-0.39, 0.29) is 5.91 Å². The van der Waals surface area contributed by atoms with Crippen LogP contribution in [0.25, 0.3) is 0 Å². The number of hydrogen-bond acceptors (Lipinski definition) is 5. The summed E-state index contributed by atoms with van der Waals surface area (Å²) in [7, 11) is 3.14. The molecule has 6 nitrogen and oxygen atoms in total. The van der Waals surface area contributed by atoms with E-state index < -0.39 is 0 Å². The molecule has 0 aliphatic rings. The number of anilines is 2. The van der Waals surface area contributed by atoms with Crippen molar-refractivity contribution < 1.29 is 14.3 Å². The van der Waals surface area contributed by atoms with Gasteiger partial charge in [-0.1, -0.05) is 30.3 Å². The molecule has 29 heavy (non-hydrogen) atoms. The van der Waals surface area contributed by atoms with Crippen molar-refractivity contribution in [3.05, 3.63) is 78.0 Å². The molecule has 0 fully saturated rings. The lowest BCUT2D eigenvalue weighted by Crippen LogP contribution is -2.23. The standard InChI is InChI=1S/C23H25N3O3/c1-4-26(16-17-8-6-5-7-9-17)22-14-18(12-13-24-22)23(27)25-20-11-10-19(28-2)15-21(20)29-3/h5-15H,4,16H2,1-3H3,(H,25,27). The van der Waals surface area contributed by atoms with Crippen LogP contribution in [0.5, 0.6) is 11.5 Å². The lowest BCUT2D eigenvalue weighted by Gasteiger charge is -2.22. The zero-order valence-electron chi connectivity index (χ0n) is 16.9. The summed E-state index contributed by atoms with van der Waals surface area (Å²) in [5.74, 6) is 1.72. The Morgan fingerprint density at radius 2 is 1.83 bits per heavy atom. The molecule has 0 atom stereocenters. The van der Waals surface area contributed by atoms with E-state index in [0.717, 1.165) is 18.9 Å². The first-order chi connectivity index (χ1) is 14.1. The molecule has 0 radical (unpaired) electrons. The quantitative estimate of drug-likeness (QED) is 0.617. The highest BCUT2D eigenvalue weighted by Crippen LogP contribution is 2.29. The minimum absolute atomic E-state index is 0.229. The number of nitrogens with zero attached hydrogens (tertiary/aromatic N) is 2. The SMILES string of the molecule is CCN(Cc1ccccc1)c1cc(C(=O)Nc2ccc(OC)cc2OC)ccn1. The van der Waals surface area contributed by atoms with Crippen LogP contribution in [0.2, 0.25) is 0 Å². The number of methoxy groups -OCH3 is 2. The van der Waals surface area contributed by atoms with Crippen molar-refractivity contribution in [3.63, 3.8) is 0 Å². The van der Waals surface area contributed by atoms with Crippen molar-refractivity contribution in [2.45, 2.75) is 13.5 Å². The van der Waals surface area contributed by atoms with E-state index in [1.165, 1.54) is 5.56 Å². The van der Waals surface area contributed by atoms with E-state index in [9.17, 15) is 4.79 Å². The van der Waals surface area contributed by atoms with Gasteiger partial charge >= 0.3 is 0 Å². The van der Waals surface area contributed by atoms with Gasteiger partial charge in [-0.05, 0) is 36.8 Å². The maximum atomic E-state index is 12.8.